The number of amidine groups is 1. The van der Waals surface area contributed by atoms with E-state index in [2.05, 4.69) is 31.6 Å². The van der Waals surface area contributed by atoms with Crippen LogP contribution < -0.4 is 20.1 Å². The molecule has 4 rings (SSSR count). The summed E-state index contributed by atoms with van der Waals surface area (Å²) >= 11 is 4.78. The van der Waals surface area contributed by atoms with E-state index >= 15 is 0 Å². The minimum Gasteiger partial charge on any atom is -0.490 e. The van der Waals surface area contributed by atoms with Crippen LogP contribution in [0.1, 0.15) is 18.1 Å². The number of ether oxygens (including phenoxy) is 2. The van der Waals surface area contributed by atoms with Crippen LogP contribution in [0.2, 0.25) is 0 Å². The Morgan fingerprint density at radius 2 is 1.86 bits per heavy atom. The van der Waals surface area contributed by atoms with E-state index < -0.39 is 0 Å². The number of carbonyl (C=O) groups is 2. The molecule has 0 spiro atoms. The minimum atomic E-state index is -0.291. The molecule has 0 radical (unpaired) electrons. The molecule has 2 amide bonds. The number of aliphatic imine (C=N–C) groups is 1. The van der Waals surface area contributed by atoms with Crippen molar-refractivity contribution in [1.29, 1.82) is 0 Å². The lowest BCUT2D eigenvalue weighted by Crippen LogP contribution is -2.20. The molecule has 1 fully saturated rings. The smallest absolute Gasteiger partial charge is 0.264 e. The molecule has 9 heteroatoms. The molecule has 0 aliphatic carbocycles. The molecule has 7 nitrogen and oxygen atoms in total. The summed E-state index contributed by atoms with van der Waals surface area (Å²) in [4.78, 5) is 29.9. The summed E-state index contributed by atoms with van der Waals surface area (Å²) in [6.07, 6.45) is 1.76. The molecule has 0 unspecified atom stereocenters. The zero-order valence-corrected chi connectivity index (χ0v) is 22.1. The number of nitrogens with one attached hydrogen (secondary N) is 2. The molecule has 1 aliphatic rings. The highest BCUT2D eigenvalue weighted by molar-refractivity contribution is 9.10. The van der Waals surface area contributed by atoms with Crippen LogP contribution in [-0.4, -0.2) is 30.2 Å². The number of nitrogens with zero attached hydrogens (tertiary/aromatic N) is 1. The van der Waals surface area contributed by atoms with Crippen molar-refractivity contribution in [3.63, 3.8) is 0 Å². The molecule has 2 N–H and O–H groups in total. The van der Waals surface area contributed by atoms with Crippen LogP contribution in [0.4, 0.5) is 11.4 Å². The molecule has 184 valence electrons. The van der Waals surface area contributed by atoms with Gasteiger partial charge in [0.1, 0.15) is 0 Å². The van der Waals surface area contributed by atoms with Gasteiger partial charge in [-0.05, 0) is 89.6 Å². The fourth-order valence-electron chi connectivity index (χ4n) is 3.30. The van der Waals surface area contributed by atoms with Crippen LogP contribution in [0.25, 0.3) is 6.08 Å². The zero-order chi connectivity index (χ0) is 25.5. The number of thioether (sulfide) groups is 1. The summed E-state index contributed by atoms with van der Waals surface area (Å²) in [7, 11) is 0. The van der Waals surface area contributed by atoms with Crippen LogP contribution in [0.3, 0.4) is 0 Å². The second kappa shape index (κ2) is 11.9. The van der Waals surface area contributed by atoms with Gasteiger partial charge in [-0.25, -0.2) is 4.99 Å². The number of aryl methyl sites for hydroxylation is 1. The van der Waals surface area contributed by atoms with Crippen molar-refractivity contribution in [2.75, 3.05) is 18.5 Å². The molecule has 36 heavy (non-hydrogen) atoms. The van der Waals surface area contributed by atoms with E-state index in [1.54, 1.807) is 24.3 Å². The van der Waals surface area contributed by atoms with Crippen LogP contribution in [-0.2, 0) is 9.59 Å². The van der Waals surface area contributed by atoms with Crippen molar-refractivity contribution < 1.29 is 19.1 Å². The van der Waals surface area contributed by atoms with Gasteiger partial charge in [0.2, 0.25) is 0 Å². The van der Waals surface area contributed by atoms with Gasteiger partial charge < -0.3 is 20.1 Å². The van der Waals surface area contributed by atoms with E-state index in [1.807, 2.05) is 62.4 Å². The van der Waals surface area contributed by atoms with Crippen LogP contribution in [0.5, 0.6) is 11.5 Å². The largest absolute Gasteiger partial charge is 0.490 e. The van der Waals surface area contributed by atoms with E-state index in [-0.39, 0.29) is 18.4 Å². The van der Waals surface area contributed by atoms with Gasteiger partial charge in [-0.1, -0.05) is 35.9 Å². The third-order valence-corrected chi connectivity index (χ3v) is 6.45. The Kier molecular flexibility index (Phi) is 8.45. The predicted octanol–water partition coefficient (Wildman–Crippen LogP) is 6.07. The average molecular weight is 566 g/mol. The fourth-order valence-corrected chi connectivity index (χ4v) is 4.72. The van der Waals surface area contributed by atoms with Crippen molar-refractivity contribution in [2.24, 2.45) is 4.99 Å². The van der Waals surface area contributed by atoms with E-state index in [0.717, 1.165) is 16.8 Å². The number of anilines is 1. The van der Waals surface area contributed by atoms with Crippen molar-refractivity contribution >= 4 is 62.1 Å². The highest BCUT2D eigenvalue weighted by Crippen LogP contribution is 2.38. The maximum Gasteiger partial charge on any atom is 0.264 e. The Labute approximate surface area is 222 Å². The Balaban J connectivity index is 1.49. The second-order valence-corrected chi connectivity index (χ2v) is 9.67. The first kappa shape index (κ1) is 25.5. The monoisotopic (exact) mass is 565 g/mol. The SMILES string of the molecule is CCOc1cc(/C=C2/SC(=Nc3ccc(C)cc3)NC2=O)cc(Br)c1OCC(=O)Nc1ccccc1. The summed E-state index contributed by atoms with van der Waals surface area (Å²) < 4.78 is 12.1. The van der Waals surface area contributed by atoms with Crippen molar-refractivity contribution in [1.82, 2.24) is 5.32 Å². The number of carbonyl (C=O) groups excluding carboxylic acids is 2. The number of hydrogen-bond donors (Lipinski definition) is 2. The van der Waals surface area contributed by atoms with Gasteiger partial charge in [-0.2, -0.15) is 0 Å². The van der Waals surface area contributed by atoms with Gasteiger partial charge >= 0.3 is 0 Å². The first-order valence-electron chi connectivity index (χ1n) is 11.2. The molecular formula is C27H24BrN3O4S. The average Bonchev–Trinajstić information content (AvgIpc) is 3.19. The molecule has 0 saturated carbocycles. The number of amides is 2. The van der Waals surface area contributed by atoms with Gasteiger partial charge in [0.05, 0.1) is 21.7 Å². The summed E-state index contributed by atoms with van der Waals surface area (Å²) in [6.45, 7) is 4.08. The van der Waals surface area contributed by atoms with Gasteiger partial charge in [-0.15, -0.1) is 0 Å². The fraction of sp³-hybridized carbons (Fsp3) is 0.148. The molecule has 0 bridgehead atoms. The normalized spacial score (nSPS) is 15.1. The maximum absolute atomic E-state index is 12.5. The third-order valence-electron chi connectivity index (χ3n) is 4.95. The summed E-state index contributed by atoms with van der Waals surface area (Å²) in [5.41, 5.74) is 3.34. The highest BCUT2D eigenvalue weighted by Gasteiger charge is 2.24. The van der Waals surface area contributed by atoms with Gasteiger partial charge in [0, 0.05) is 5.69 Å². The van der Waals surface area contributed by atoms with E-state index in [4.69, 9.17) is 9.47 Å². The lowest BCUT2D eigenvalue weighted by molar-refractivity contribution is -0.118. The second-order valence-electron chi connectivity index (χ2n) is 7.78. The zero-order valence-electron chi connectivity index (χ0n) is 19.7. The molecule has 1 aliphatic heterocycles. The van der Waals surface area contributed by atoms with E-state index in [0.29, 0.717) is 38.3 Å². The van der Waals surface area contributed by atoms with Crippen LogP contribution in [0.15, 0.2) is 81.1 Å². The minimum absolute atomic E-state index is 0.189. The topological polar surface area (TPSA) is 89.0 Å². The summed E-state index contributed by atoms with van der Waals surface area (Å²) in [5.74, 6) is 0.356. The molecule has 1 heterocycles. The molecule has 1 saturated heterocycles. The molecule has 3 aromatic rings. The molecule has 0 aromatic heterocycles. The van der Waals surface area contributed by atoms with Gasteiger partial charge in [-0.3, -0.25) is 9.59 Å². The first-order chi connectivity index (χ1) is 17.4. The Morgan fingerprint density at radius 3 is 2.58 bits per heavy atom. The number of benzene rings is 3. The lowest BCUT2D eigenvalue weighted by Gasteiger charge is -2.15. The van der Waals surface area contributed by atoms with Crippen molar-refractivity contribution in [3.8, 4) is 11.5 Å². The highest BCUT2D eigenvalue weighted by atomic mass is 79.9. The Morgan fingerprint density at radius 1 is 1.11 bits per heavy atom. The molecule has 3 aromatic carbocycles. The number of halogens is 1. The lowest BCUT2D eigenvalue weighted by atomic mass is 10.2. The van der Waals surface area contributed by atoms with Crippen LogP contribution >= 0.6 is 27.7 Å². The standard InChI is InChI=1S/C27H24BrN3O4S/c1-3-34-22-14-18(13-21(28)25(22)35-16-24(32)29-19-7-5-4-6-8-19)15-23-26(33)31-27(36-23)30-20-11-9-17(2)10-12-20/h4-15H,3,16H2,1-2H3,(H,29,32)(H,30,31,33)/b23-15+. The number of rotatable bonds is 8. The third kappa shape index (κ3) is 6.77. The first-order valence-corrected chi connectivity index (χ1v) is 12.8. The van der Waals surface area contributed by atoms with Crippen molar-refractivity contribution in [2.45, 2.75) is 13.8 Å². The predicted molar refractivity (Wildman–Crippen MR) is 148 cm³/mol. The quantitative estimate of drug-likeness (QED) is 0.324. The van der Waals surface area contributed by atoms with Crippen LogP contribution in [0, 0.1) is 6.92 Å². The number of hydrogen-bond acceptors (Lipinski definition) is 6. The van der Waals surface area contributed by atoms with Gasteiger partial charge in [0.25, 0.3) is 11.8 Å². The summed E-state index contributed by atoms with van der Waals surface area (Å²) in [5, 5.41) is 6.10. The van der Waals surface area contributed by atoms with E-state index in [1.165, 1.54) is 11.8 Å². The van der Waals surface area contributed by atoms with Crippen molar-refractivity contribution in [3.05, 3.63) is 87.2 Å². The molecular weight excluding hydrogens is 542 g/mol. The Hall–Kier alpha value is -3.56. The molecule has 0 atom stereocenters. The summed E-state index contributed by atoms with van der Waals surface area (Å²) in [6, 6.07) is 20.5. The number of para-hydroxylation sites is 1. The Bertz CT molecular complexity index is 1320. The van der Waals surface area contributed by atoms with E-state index in [9.17, 15) is 9.59 Å². The van der Waals surface area contributed by atoms with Gasteiger partial charge in [0.15, 0.2) is 23.3 Å². The maximum atomic E-state index is 12.5.